The zero-order chi connectivity index (χ0) is 12.3. The van der Waals surface area contributed by atoms with E-state index in [4.69, 9.17) is 10.8 Å². The van der Waals surface area contributed by atoms with Gasteiger partial charge in [-0.2, -0.15) is 0 Å². The summed E-state index contributed by atoms with van der Waals surface area (Å²) in [7, 11) is 0. The average molecular weight is 227 g/mol. The summed E-state index contributed by atoms with van der Waals surface area (Å²) in [5, 5.41) is 8.94. The van der Waals surface area contributed by atoms with Crippen LogP contribution in [0.15, 0.2) is 48.5 Å². The zero-order valence-corrected chi connectivity index (χ0v) is 9.26. The van der Waals surface area contributed by atoms with E-state index >= 15 is 0 Å². The molecule has 17 heavy (non-hydrogen) atoms. The van der Waals surface area contributed by atoms with Crippen LogP contribution in [0, 0.1) is 0 Å². The van der Waals surface area contributed by atoms with Crippen LogP contribution in [-0.2, 0) is 6.54 Å². The van der Waals surface area contributed by atoms with Gasteiger partial charge in [0, 0.05) is 6.54 Å². The molecule has 0 unspecified atom stereocenters. The fourth-order valence-electron chi connectivity index (χ4n) is 1.71. The minimum atomic E-state index is -0.915. The van der Waals surface area contributed by atoms with E-state index in [1.54, 1.807) is 18.2 Å². The average Bonchev–Trinajstić information content (AvgIpc) is 2.39. The van der Waals surface area contributed by atoms with Gasteiger partial charge in [0.2, 0.25) is 0 Å². The number of carbonyl (C=O) groups is 1. The Labute approximate surface area is 99.5 Å². The molecule has 2 aromatic carbocycles. The van der Waals surface area contributed by atoms with E-state index in [2.05, 4.69) is 0 Å². The second-order valence-electron chi connectivity index (χ2n) is 3.79. The van der Waals surface area contributed by atoms with E-state index in [1.807, 2.05) is 30.3 Å². The van der Waals surface area contributed by atoms with Crippen LogP contribution in [0.3, 0.4) is 0 Å². The standard InChI is InChI=1S/C14H13NO2/c15-9-10-3-1-4-11(7-10)12-5-2-6-13(8-12)14(16)17/h1-8H,9,15H2,(H,16,17). The lowest BCUT2D eigenvalue weighted by molar-refractivity contribution is 0.0697. The largest absolute Gasteiger partial charge is 0.478 e. The fraction of sp³-hybridized carbons (Fsp3) is 0.0714. The highest BCUT2D eigenvalue weighted by Gasteiger charge is 2.04. The molecule has 0 spiro atoms. The Morgan fingerprint density at radius 3 is 2.35 bits per heavy atom. The summed E-state index contributed by atoms with van der Waals surface area (Å²) in [4.78, 5) is 10.9. The van der Waals surface area contributed by atoms with Gasteiger partial charge in [-0.15, -0.1) is 0 Å². The molecule has 0 aliphatic carbocycles. The van der Waals surface area contributed by atoms with Gasteiger partial charge in [0.15, 0.2) is 0 Å². The van der Waals surface area contributed by atoms with Gasteiger partial charge in [-0.25, -0.2) is 4.79 Å². The molecule has 0 radical (unpaired) electrons. The van der Waals surface area contributed by atoms with E-state index in [-0.39, 0.29) is 0 Å². The topological polar surface area (TPSA) is 63.3 Å². The minimum Gasteiger partial charge on any atom is -0.478 e. The number of rotatable bonds is 3. The second kappa shape index (κ2) is 4.80. The summed E-state index contributed by atoms with van der Waals surface area (Å²) in [5.41, 5.74) is 8.78. The molecular weight excluding hydrogens is 214 g/mol. The molecule has 0 aliphatic heterocycles. The van der Waals surface area contributed by atoms with Crippen LogP contribution in [0.1, 0.15) is 15.9 Å². The first-order chi connectivity index (χ1) is 8.20. The first kappa shape index (κ1) is 11.4. The molecule has 0 saturated heterocycles. The van der Waals surface area contributed by atoms with E-state index in [0.717, 1.165) is 16.7 Å². The van der Waals surface area contributed by atoms with Gasteiger partial charge in [0.25, 0.3) is 0 Å². The van der Waals surface area contributed by atoms with Gasteiger partial charge in [-0.3, -0.25) is 0 Å². The zero-order valence-electron chi connectivity index (χ0n) is 9.26. The lowest BCUT2D eigenvalue weighted by atomic mass is 10.0. The summed E-state index contributed by atoms with van der Waals surface area (Å²) in [6, 6.07) is 14.7. The maximum absolute atomic E-state index is 10.9. The monoisotopic (exact) mass is 227 g/mol. The molecule has 86 valence electrons. The van der Waals surface area contributed by atoms with Crippen molar-refractivity contribution in [1.29, 1.82) is 0 Å². The lowest BCUT2D eigenvalue weighted by Crippen LogP contribution is -1.97. The second-order valence-corrected chi connectivity index (χ2v) is 3.79. The van der Waals surface area contributed by atoms with Crippen molar-refractivity contribution >= 4 is 5.97 Å². The molecule has 2 aromatic rings. The van der Waals surface area contributed by atoms with Crippen LogP contribution in [-0.4, -0.2) is 11.1 Å². The lowest BCUT2D eigenvalue weighted by Gasteiger charge is -2.05. The van der Waals surface area contributed by atoms with Gasteiger partial charge in [-0.1, -0.05) is 30.3 Å². The van der Waals surface area contributed by atoms with E-state index in [1.165, 1.54) is 0 Å². The van der Waals surface area contributed by atoms with Gasteiger partial charge >= 0.3 is 5.97 Å². The molecule has 0 amide bonds. The number of carboxylic acid groups (broad SMARTS) is 1. The highest BCUT2D eigenvalue weighted by molar-refractivity contribution is 5.89. The Morgan fingerprint density at radius 2 is 1.71 bits per heavy atom. The highest BCUT2D eigenvalue weighted by atomic mass is 16.4. The molecule has 0 aromatic heterocycles. The quantitative estimate of drug-likeness (QED) is 0.846. The van der Waals surface area contributed by atoms with E-state index < -0.39 is 5.97 Å². The fourth-order valence-corrected chi connectivity index (χ4v) is 1.71. The van der Waals surface area contributed by atoms with Crippen molar-refractivity contribution in [3.63, 3.8) is 0 Å². The van der Waals surface area contributed by atoms with Gasteiger partial charge in [-0.05, 0) is 34.9 Å². The molecule has 3 heteroatoms. The van der Waals surface area contributed by atoms with Crippen molar-refractivity contribution in [1.82, 2.24) is 0 Å². The summed E-state index contributed by atoms with van der Waals surface area (Å²) in [6.45, 7) is 0.479. The maximum atomic E-state index is 10.9. The Balaban J connectivity index is 2.45. The van der Waals surface area contributed by atoms with E-state index in [9.17, 15) is 4.79 Å². The third kappa shape index (κ3) is 2.52. The Kier molecular flexibility index (Phi) is 3.21. The van der Waals surface area contributed by atoms with Crippen LogP contribution in [0.2, 0.25) is 0 Å². The predicted molar refractivity (Wildman–Crippen MR) is 66.7 cm³/mol. The van der Waals surface area contributed by atoms with Crippen molar-refractivity contribution in [3.8, 4) is 11.1 Å². The first-order valence-corrected chi connectivity index (χ1v) is 5.33. The van der Waals surface area contributed by atoms with E-state index in [0.29, 0.717) is 12.1 Å². The maximum Gasteiger partial charge on any atom is 0.335 e. The molecule has 0 aliphatic rings. The molecule has 0 fully saturated rings. The molecule has 3 N–H and O–H groups in total. The molecule has 3 nitrogen and oxygen atoms in total. The smallest absolute Gasteiger partial charge is 0.335 e. The Hall–Kier alpha value is -2.13. The van der Waals surface area contributed by atoms with Crippen LogP contribution in [0.4, 0.5) is 0 Å². The SMILES string of the molecule is NCc1cccc(-c2cccc(C(=O)O)c2)c1. The molecular formula is C14H13NO2. The molecule has 0 heterocycles. The number of hydrogen-bond acceptors (Lipinski definition) is 2. The normalized spacial score (nSPS) is 10.2. The number of nitrogens with two attached hydrogens (primary N) is 1. The summed E-state index contributed by atoms with van der Waals surface area (Å²) in [6.07, 6.45) is 0. The molecule has 0 saturated carbocycles. The molecule has 0 atom stereocenters. The Bertz CT molecular complexity index is 549. The third-order valence-electron chi connectivity index (χ3n) is 2.61. The van der Waals surface area contributed by atoms with Crippen LogP contribution in [0.5, 0.6) is 0 Å². The molecule has 2 rings (SSSR count). The summed E-state index contributed by atoms with van der Waals surface area (Å²) >= 11 is 0. The van der Waals surface area contributed by atoms with Crippen LogP contribution < -0.4 is 5.73 Å². The number of hydrogen-bond donors (Lipinski definition) is 2. The van der Waals surface area contributed by atoms with Crippen molar-refractivity contribution < 1.29 is 9.90 Å². The first-order valence-electron chi connectivity index (χ1n) is 5.33. The summed E-state index contributed by atoms with van der Waals surface area (Å²) in [5.74, 6) is -0.915. The van der Waals surface area contributed by atoms with Gasteiger partial charge < -0.3 is 10.8 Å². The Morgan fingerprint density at radius 1 is 1.06 bits per heavy atom. The number of aromatic carboxylic acids is 1. The third-order valence-corrected chi connectivity index (χ3v) is 2.61. The predicted octanol–water partition coefficient (Wildman–Crippen LogP) is 2.51. The van der Waals surface area contributed by atoms with Crippen molar-refractivity contribution in [3.05, 3.63) is 59.7 Å². The number of benzene rings is 2. The minimum absolute atomic E-state index is 0.292. The van der Waals surface area contributed by atoms with Crippen molar-refractivity contribution in [2.24, 2.45) is 5.73 Å². The van der Waals surface area contributed by atoms with Crippen molar-refractivity contribution in [2.45, 2.75) is 6.54 Å². The van der Waals surface area contributed by atoms with Gasteiger partial charge in [0.05, 0.1) is 5.56 Å². The van der Waals surface area contributed by atoms with Crippen molar-refractivity contribution in [2.75, 3.05) is 0 Å². The van der Waals surface area contributed by atoms with Crippen LogP contribution >= 0.6 is 0 Å². The van der Waals surface area contributed by atoms with Crippen LogP contribution in [0.25, 0.3) is 11.1 Å². The highest BCUT2D eigenvalue weighted by Crippen LogP contribution is 2.21. The molecule has 0 bridgehead atoms. The summed E-state index contributed by atoms with van der Waals surface area (Å²) < 4.78 is 0. The number of carboxylic acids is 1. The van der Waals surface area contributed by atoms with Gasteiger partial charge in [0.1, 0.15) is 0 Å².